The van der Waals surface area contributed by atoms with E-state index in [9.17, 15) is 9.59 Å². The molecule has 0 fully saturated rings. The molecule has 18 heavy (non-hydrogen) atoms. The zero-order valence-electron chi connectivity index (χ0n) is 10.1. The summed E-state index contributed by atoms with van der Waals surface area (Å²) in [5, 5.41) is 5.89. The fourth-order valence-corrected chi connectivity index (χ4v) is 2.69. The largest absolute Gasteiger partial charge is 0.327 e. The standard InChI is InChI=1S/C12H13N3O2S/c1-7-5-9(14-8(2)17)3-4-10-11(7)18-12(15-10)13-6-16/h3-7H,1-2H3,(H,14,17)(H,13,15,16). The molecule has 0 bridgehead atoms. The number of amides is 2. The summed E-state index contributed by atoms with van der Waals surface area (Å²) in [6.45, 7) is 3.50. The molecule has 0 saturated heterocycles. The van der Waals surface area contributed by atoms with Crippen LogP contribution in [0.25, 0.3) is 6.08 Å². The minimum absolute atomic E-state index is 0.0976. The van der Waals surface area contributed by atoms with Crippen LogP contribution < -0.4 is 10.6 Å². The first-order chi connectivity index (χ1) is 8.60. The smallest absolute Gasteiger partial charge is 0.221 e. The fraction of sp³-hybridized carbons (Fsp3) is 0.250. The lowest BCUT2D eigenvalue weighted by atomic mass is 10.1. The van der Waals surface area contributed by atoms with E-state index in [4.69, 9.17) is 0 Å². The summed E-state index contributed by atoms with van der Waals surface area (Å²) >= 11 is 1.44. The molecule has 2 amide bonds. The van der Waals surface area contributed by atoms with Gasteiger partial charge < -0.3 is 10.6 Å². The molecule has 94 valence electrons. The van der Waals surface area contributed by atoms with Gasteiger partial charge in [-0.05, 0) is 12.2 Å². The van der Waals surface area contributed by atoms with Crippen molar-refractivity contribution in [2.75, 3.05) is 5.32 Å². The number of anilines is 1. The molecule has 1 aliphatic carbocycles. The van der Waals surface area contributed by atoms with Gasteiger partial charge in [0.25, 0.3) is 0 Å². The average Bonchev–Trinajstić information content (AvgIpc) is 2.63. The Balaban J connectivity index is 2.29. The molecule has 5 nitrogen and oxygen atoms in total. The minimum Gasteiger partial charge on any atom is -0.327 e. The Hall–Kier alpha value is -1.95. The van der Waals surface area contributed by atoms with Crippen molar-refractivity contribution in [3.05, 3.63) is 28.4 Å². The highest BCUT2D eigenvalue weighted by molar-refractivity contribution is 7.16. The van der Waals surface area contributed by atoms with Gasteiger partial charge in [-0.25, -0.2) is 4.98 Å². The zero-order chi connectivity index (χ0) is 13.1. The number of nitrogens with one attached hydrogen (secondary N) is 2. The first kappa shape index (κ1) is 12.5. The normalized spacial score (nSPS) is 17.4. The van der Waals surface area contributed by atoms with Gasteiger partial charge in [0.15, 0.2) is 5.13 Å². The van der Waals surface area contributed by atoms with Crippen molar-refractivity contribution in [1.29, 1.82) is 0 Å². The number of hydrogen-bond acceptors (Lipinski definition) is 4. The van der Waals surface area contributed by atoms with Crippen LogP contribution >= 0.6 is 11.3 Å². The van der Waals surface area contributed by atoms with Crippen LogP contribution in [0, 0.1) is 0 Å². The van der Waals surface area contributed by atoms with E-state index in [1.54, 1.807) is 0 Å². The van der Waals surface area contributed by atoms with E-state index in [2.05, 4.69) is 15.6 Å². The summed E-state index contributed by atoms with van der Waals surface area (Å²) in [7, 11) is 0. The summed E-state index contributed by atoms with van der Waals surface area (Å²) < 4.78 is 0. The van der Waals surface area contributed by atoms with Crippen LogP contribution in [0.15, 0.2) is 17.8 Å². The molecule has 6 heteroatoms. The summed E-state index contributed by atoms with van der Waals surface area (Å²) in [4.78, 5) is 26.8. The molecule has 2 rings (SSSR count). The number of carbonyl (C=O) groups is 2. The summed E-state index contributed by atoms with van der Waals surface area (Å²) in [5.74, 6) is 0.0381. The molecular formula is C12H13N3O2S. The molecule has 0 saturated carbocycles. The number of nitrogens with zero attached hydrogens (tertiary/aromatic N) is 1. The third-order valence-corrected chi connectivity index (χ3v) is 3.65. The molecule has 2 N–H and O–H groups in total. The van der Waals surface area contributed by atoms with Crippen molar-refractivity contribution in [3.63, 3.8) is 0 Å². The predicted molar refractivity (Wildman–Crippen MR) is 71.1 cm³/mol. The third-order valence-electron chi connectivity index (χ3n) is 2.45. The van der Waals surface area contributed by atoms with Crippen LogP contribution in [0.3, 0.4) is 0 Å². The number of thiazole rings is 1. The number of rotatable bonds is 3. The van der Waals surface area contributed by atoms with Crippen molar-refractivity contribution in [1.82, 2.24) is 10.3 Å². The second-order valence-electron chi connectivity index (χ2n) is 3.96. The SMILES string of the molecule is CC(=O)NC1=CC(C)c2sc(NC=O)nc2C=C1. The lowest BCUT2D eigenvalue weighted by molar-refractivity contribution is -0.118. The van der Waals surface area contributed by atoms with E-state index in [-0.39, 0.29) is 11.8 Å². The quantitative estimate of drug-likeness (QED) is 0.818. The number of aromatic nitrogens is 1. The molecule has 1 unspecified atom stereocenters. The Morgan fingerprint density at radius 3 is 2.94 bits per heavy atom. The predicted octanol–water partition coefficient (Wildman–Crippen LogP) is 1.86. The van der Waals surface area contributed by atoms with Crippen molar-refractivity contribution < 1.29 is 9.59 Å². The van der Waals surface area contributed by atoms with Crippen LogP contribution in [0.1, 0.15) is 30.3 Å². The Morgan fingerprint density at radius 2 is 2.28 bits per heavy atom. The maximum Gasteiger partial charge on any atom is 0.221 e. The number of allylic oxidation sites excluding steroid dienone is 2. The van der Waals surface area contributed by atoms with Crippen LogP contribution in [0.2, 0.25) is 0 Å². The molecule has 1 aromatic heterocycles. The Kier molecular flexibility index (Phi) is 3.57. The van der Waals surface area contributed by atoms with Crippen LogP contribution in [0.5, 0.6) is 0 Å². The van der Waals surface area contributed by atoms with Gasteiger partial charge in [0.05, 0.1) is 5.69 Å². The molecule has 0 aliphatic heterocycles. The number of hydrogen-bond donors (Lipinski definition) is 2. The first-order valence-electron chi connectivity index (χ1n) is 5.48. The molecule has 0 aromatic carbocycles. The van der Waals surface area contributed by atoms with Crippen LogP contribution in [-0.2, 0) is 9.59 Å². The highest BCUT2D eigenvalue weighted by Gasteiger charge is 2.17. The molecule has 1 heterocycles. The van der Waals surface area contributed by atoms with Gasteiger partial charge in [-0.1, -0.05) is 13.0 Å². The lowest BCUT2D eigenvalue weighted by Gasteiger charge is -2.05. The summed E-state index contributed by atoms with van der Waals surface area (Å²) in [6.07, 6.45) is 6.24. The number of carbonyl (C=O) groups excluding carboxylic acids is 2. The van der Waals surface area contributed by atoms with Gasteiger partial charge in [-0.3, -0.25) is 9.59 Å². The first-order valence-corrected chi connectivity index (χ1v) is 6.30. The van der Waals surface area contributed by atoms with E-state index in [0.717, 1.165) is 16.3 Å². The van der Waals surface area contributed by atoms with Crippen molar-refractivity contribution in [2.24, 2.45) is 0 Å². The van der Waals surface area contributed by atoms with Crippen molar-refractivity contribution >= 4 is 34.9 Å². The van der Waals surface area contributed by atoms with Gasteiger partial charge in [0.2, 0.25) is 12.3 Å². The van der Waals surface area contributed by atoms with Gasteiger partial charge in [0, 0.05) is 23.4 Å². The highest BCUT2D eigenvalue weighted by Crippen LogP contribution is 2.33. The highest BCUT2D eigenvalue weighted by atomic mass is 32.1. The van der Waals surface area contributed by atoms with Gasteiger partial charge in [0.1, 0.15) is 0 Å². The van der Waals surface area contributed by atoms with E-state index in [0.29, 0.717) is 11.5 Å². The molecule has 1 aliphatic rings. The summed E-state index contributed by atoms with van der Waals surface area (Å²) in [5.41, 5.74) is 1.60. The Bertz CT molecular complexity index is 546. The van der Waals surface area contributed by atoms with Crippen LogP contribution in [-0.4, -0.2) is 17.3 Å². The third kappa shape index (κ3) is 2.65. The van der Waals surface area contributed by atoms with E-state index in [1.807, 2.05) is 25.2 Å². The molecule has 1 atom stereocenters. The van der Waals surface area contributed by atoms with Crippen molar-refractivity contribution in [3.8, 4) is 0 Å². The van der Waals surface area contributed by atoms with Gasteiger partial charge in [-0.2, -0.15) is 0 Å². The van der Waals surface area contributed by atoms with Crippen molar-refractivity contribution in [2.45, 2.75) is 19.8 Å². The molecular weight excluding hydrogens is 250 g/mol. The topological polar surface area (TPSA) is 71.1 Å². The van der Waals surface area contributed by atoms with E-state index in [1.165, 1.54) is 18.3 Å². The maximum absolute atomic E-state index is 11.0. The van der Waals surface area contributed by atoms with E-state index >= 15 is 0 Å². The second-order valence-corrected chi connectivity index (χ2v) is 4.99. The van der Waals surface area contributed by atoms with Crippen LogP contribution in [0.4, 0.5) is 5.13 Å². The molecule has 1 aromatic rings. The number of fused-ring (bicyclic) bond motifs is 1. The Labute approximate surface area is 109 Å². The fourth-order valence-electron chi connectivity index (χ4n) is 1.76. The van der Waals surface area contributed by atoms with Gasteiger partial charge >= 0.3 is 0 Å². The lowest BCUT2D eigenvalue weighted by Crippen LogP contribution is -2.17. The zero-order valence-corrected chi connectivity index (χ0v) is 10.9. The molecule has 0 radical (unpaired) electrons. The molecule has 0 spiro atoms. The average molecular weight is 263 g/mol. The maximum atomic E-state index is 11.0. The Morgan fingerprint density at radius 1 is 1.50 bits per heavy atom. The van der Waals surface area contributed by atoms with Gasteiger partial charge in [-0.15, -0.1) is 11.3 Å². The minimum atomic E-state index is -0.0976. The monoisotopic (exact) mass is 263 g/mol. The van der Waals surface area contributed by atoms with E-state index < -0.39 is 0 Å². The summed E-state index contributed by atoms with van der Waals surface area (Å²) in [6, 6.07) is 0. The second kappa shape index (κ2) is 5.14.